The lowest BCUT2D eigenvalue weighted by molar-refractivity contribution is 0.574. The van der Waals surface area contributed by atoms with Crippen LogP contribution < -0.4 is 11.4 Å². The highest BCUT2D eigenvalue weighted by Crippen LogP contribution is 2.34. The minimum atomic E-state index is -0.161. The smallest absolute Gasteiger partial charge is 0.259 e. The Morgan fingerprint density at radius 1 is 1.38 bits per heavy atom. The molecule has 0 saturated carbocycles. The van der Waals surface area contributed by atoms with Gasteiger partial charge in [-0.05, 0) is 38.5 Å². The minimum Gasteiger partial charge on any atom is -0.461 e. The van der Waals surface area contributed by atoms with E-state index < -0.39 is 0 Å². The number of thiophene rings is 1. The Balaban J connectivity index is 1.66. The summed E-state index contributed by atoms with van der Waals surface area (Å²) in [6, 6.07) is 3.52. The van der Waals surface area contributed by atoms with Crippen molar-refractivity contribution in [3.63, 3.8) is 0 Å². The molecule has 0 saturated heterocycles. The highest BCUT2D eigenvalue weighted by molar-refractivity contribution is 7.99. The first-order valence-corrected chi connectivity index (χ1v) is 9.56. The third-order valence-corrected chi connectivity index (χ3v) is 6.30. The molecule has 0 aliphatic heterocycles. The van der Waals surface area contributed by atoms with Crippen molar-refractivity contribution in [3.8, 4) is 11.6 Å². The Kier molecular flexibility index (Phi) is 4.08. The van der Waals surface area contributed by atoms with E-state index in [1.807, 2.05) is 20.8 Å². The molecule has 1 unspecified atom stereocenters. The van der Waals surface area contributed by atoms with Crippen LogP contribution in [0.5, 0.6) is 0 Å². The molecule has 0 spiro atoms. The molecule has 4 aromatic heterocycles. The molecule has 134 valence electrons. The van der Waals surface area contributed by atoms with E-state index in [0.29, 0.717) is 28.0 Å². The molecule has 3 N–H and O–H groups in total. The predicted octanol–water partition coefficient (Wildman–Crippen LogP) is 3.02. The zero-order chi connectivity index (χ0) is 18.4. The van der Waals surface area contributed by atoms with E-state index in [4.69, 9.17) is 10.3 Å². The van der Waals surface area contributed by atoms with Crippen LogP contribution in [-0.2, 0) is 0 Å². The van der Waals surface area contributed by atoms with Gasteiger partial charge in [0.25, 0.3) is 5.56 Å². The van der Waals surface area contributed by atoms with E-state index >= 15 is 0 Å². The lowest BCUT2D eigenvalue weighted by atomic mass is 10.2. The number of aromatic amines is 1. The lowest BCUT2D eigenvalue weighted by Gasteiger charge is -2.09. The molecule has 0 aliphatic rings. The van der Waals surface area contributed by atoms with Crippen LogP contribution in [0, 0.1) is 13.8 Å². The first kappa shape index (κ1) is 16.9. The summed E-state index contributed by atoms with van der Waals surface area (Å²) in [5.74, 6) is 7.64. The predicted molar refractivity (Wildman–Crippen MR) is 102 cm³/mol. The maximum absolute atomic E-state index is 12.4. The molecule has 0 fully saturated rings. The van der Waals surface area contributed by atoms with E-state index in [9.17, 15) is 4.79 Å². The molecule has 0 bridgehead atoms. The van der Waals surface area contributed by atoms with Crippen LogP contribution in [0.2, 0.25) is 0 Å². The number of rotatable bonds is 4. The molecule has 4 aromatic rings. The topological polar surface area (TPSA) is 116 Å². The van der Waals surface area contributed by atoms with Gasteiger partial charge in [-0.15, -0.1) is 21.5 Å². The van der Waals surface area contributed by atoms with E-state index in [1.165, 1.54) is 27.8 Å². The van der Waals surface area contributed by atoms with Crippen molar-refractivity contribution >= 4 is 33.3 Å². The molecule has 4 heterocycles. The molecule has 1 atom stereocenters. The van der Waals surface area contributed by atoms with Crippen LogP contribution in [-0.4, -0.2) is 24.8 Å². The second kappa shape index (κ2) is 6.29. The number of aromatic nitrogens is 5. The number of aryl methyl sites for hydroxylation is 2. The van der Waals surface area contributed by atoms with Crippen LogP contribution >= 0.6 is 23.1 Å². The van der Waals surface area contributed by atoms with Crippen LogP contribution in [0.15, 0.2) is 32.8 Å². The Hall–Kier alpha value is -2.59. The summed E-state index contributed by atoms with van der Waals surface area (Å²) in [4.78, 5) is 21.8. The van der Waals surface area contributed by atoms with Gasteiger partial charge in [-0.25, -0.2) is 9.66 Å². The number of hydrogen-bond donors (Lipinski definition) is 2. The number of hydrogen-bond acceptors (Lipinski definition) is 8. The second-order valence-electron chi connectivity index (χ2n) is 5.83. The van der Waals surface area contributed by atoms with Gasteiger partial charge >= 0.3 is 0 Å². The van der Waals surface area contributed by atoms with Crippen LogP contribution in [0.1, 0.15) is 28.4 Å². The van der Waals surface area contributed by atoms with Crippen molar-refractivity contribution in [3.05, 3.63) is 45.0 Å². The SMILES string of the molecule is Cc1sc2nc(C(C)Sc3nnc(-c4ccco4)n3N)[nH]c(=O)c2c1C. The summed E-state index contributed by atoms with van der Waals surface area (Å²) in [6.07, 6.45) is 1.55. The van der Waals surface area contributed by atoms with Gasteiger partial charge in [0.2, 0.25) is 11.0 Å². The van der Waals surface area contributed by atoms with E-state index in [-0.39, 0.29) is 10.8 Å². The van der Waals surface area contributed by atoms with Crippen molar-refractivity contribution < 1.29 is 4.42 Å². The quantitative estimate of drug-likeness (QED) is 0.408. The normalized spacial score (nSPS) is 12.7. The molecule has 4 rings (SSSR count). The van der Waals surface area contributed by atoms with E-state index in [2.05, 4.69) is 20.2 Å². The fourth-order valence-corrected chi connectivity index (χ4v) is 4.47. The molecule has 0 amide bonds. The van der Waals surface area contributed by atoms with Gasteiger partial charge in [0.15, 0.2) is 5.76 Å². The number of fused-ring (bicyclic) bond motifs is 1. The molecule has 0 aromatic carbocycles. The van der Waals surface area contributed by atoms with Crippen molar-refractivity contribution in [1.82, 2.24) is 24.8 Å². The van der Waals surface area contributed by atoms with Gasteiger partial charge in [0, 0.05) is 4.88 Å². The Bertz CT molecular complexity index is 1140. The number of nitrogens with zero attached hydrogens (tertiary/aromatic N) is 4. The summed E-state index contributed by atoms with van der Waals surface area (Å²) >= 11 is 2.89. The highest BCUT2D eigenvalue weighted by Gasteiger charge is 2.20. The molecule has 26 heavy (non-hydrogen) atoms. The van der Waals surface area contributed by atoms with Gasteiger partial charge in [-0.3, -0.25) is 4.79 Å². The van der Waals surface area contributed by atoms with Gasteiger partial charge in [0.1, 0.15) is 10.7 Å². The maximum atomic E-state index is 12.4. The number of furan rings is 1. The van der Waals surface area contributed by atoms with Crippen LogP contribution in [0.25, 0.3) is 21.8 Å². The van der Waals surface area contributed by atoms with E-state index in [1.54, 1.807) is 18.4 Å². The lowest BCUT2D eigenvalue weighted by Crippen LogP contribution is -2.14. The van der Waals surface area contributed by atoms with Gasteiger partial charge in [-0.2, -0.15) is 0 Å². The average molecular weight is 388 g/mol. The maximum Gasteiger partial charge on any atom is 0.259 e. The number of nitrogens with two attached hydrogens (primary N) is 1. The van der Waals surface area contributed by atoms with Gasteiger partial charge in [0.05, 0.1) is 16.9 Å². The van der Waals surface area contributed by atoms with Crippen molar-refractivity contribution in [2.75, 3.05) is 5.84 Å². The number of nitrogen functional groups attached to an aromatic ring is 1. The summed E-state index contributed by atoms with van der Waals surface area (Å²) in [5.41, 5.74) is 0.861. The Morgan fingerprint density at radius 3 is 2.92 bits per heavy atom. The molecule has 0 radical (unpaired) electrons. The first-order valence-electron chi connectivity index (χ1n) is 7.86. The summed E-state index contributed by atoms with van der Waals surface area (Å²) in [5, 5.41) is 9.19. The van der Waals surface area contributed by atoms with Crippen molar-refractivity contribution in [2.45, 2.75) is 31.2 Å². The van der Waals surface area contributed by atoms with Crippen molar-refractivity contribution in [2.24, 2.45) is 0 Å². The third kappa shape index (κ3) is 2.71. The fraction of sp³-hybridized carbons (Fsp3) is 0.250. The van der Waals surface area contributed by atoms with Crippen LogP contribution in [0.3, 0.4) is 0 Å². The molecular formula is C16H16N6O2S2. The standard InChI is InChI=1S/C16H16N6O2S2/c1-7-8(2)25-15-11(7)14(23)18-12(19-15)9(3)26-16-21-20-13(22(16)17)10-5-4-6-24-10/h4-6,9H,17H2,1-3H3,(H,18,19,23). The fourth-order valence-electron chi connectivity index (χ4n) is 2.61. The third-order valence-electron chi connectivity index (χ3n) is 4.13. The largest absolute Gasteiger partial charge is 0.461 e. The van der Waals surface area contributed by atoms with Crippen LogP contribution in [0.4, 0.5) is 0 Å². The monoisotopic (exact) mass is 388 g/mol. The zero-order valence-electron chi connectivity index (χ0n) is 14.3. The molecular weight excluding hydrogens is 372 g/mol. The number of nitrogens with one attached hydrogen (secondary N) is 1. The van der Waals surface area contributed by atoms with E-state index in [0.717, 1.165) is 15.3 Å². The number of thioether (sulfide) groups is 1. The second-order valence-corrected chi connectivity index (χ2v) is 8.34. The first-order chi connectivity index (χ1) is 12.5. The van der Waals surface area contributed by atoms with Gasteiger partial charge < -0.3 is 15.2 Å². The highest BCUT2D eigenvalue weighted by atomic mass is 32.2. The van der Waals surface area contributed by atoms with Crippen molar-refractivity contribution in [1.29, 1.82) is 0 Å². The summed E-state index contributed by atoms with van der Waals surface area (Å²) in [6.45, 7) is 5.87. The molecule has 0 aliphatic carbocycles. The Morgan fingerprint density at radius 2 is 2.19 bits per heavy atom. The minimum absolute atomic E-state index is 0.121. The molecule has 8 nitrogen and oxygen atoms in total. The zero-order valence-corrected chi connectivity index (χ0v) is 15.9. The Labute approximate surface area is 156 Å². The summed E-state index contributed by atoms with van der Waals surface area (Å²) < 4.78 is 6.68. The average Bonchev–Trinajstić information content (AvgIpc) is 3.30. The molecule has 10 heteroatoms. The number of H-pyrrole nitrogens is 1. The summed E-state index contributed by atoms with van der Waals surface area (Å²) in [7, 11) is 0. The van der Waals surface area contributed by atoms with Gasteiger partial charge in [-0.1, -0.05) is 11.8 Å².